The van der Waals surface area contributed by atoms with Crippen LogP contribution in [0.2, 0.25) is 0 Å². The lowest BCUT2D eigenvalue weighted by molar-refractivity contribution is 0.0965. The highest BCUT2D eigenvalue weighted by Gasteiger charge is 2.15. The molecule has 0 bridgehead atoms. The molecule has 92 valence electrons. The van der Waals surface area contributed by atoms with Crippen LogP contribution in [0.3, 0.4) is 0 Å². The predicted octanol–water partition coefficient (Wildman–Crippen LogP) is 0.512. The predicted molar refractivity (Wildman–Crippen MR) is 62.7 cm³/mol. The Morgan fingerprint density at radius 3 is 2.20 bits per heavy atom. The minimum absolute atomic E-state index is 0.154. The van der Waals surface area contributed by atoms with Gasteiger partial charge in [0.05, 0.1) is 11.9 Å². The van der Waals surface area contributed by atoms with Gasteiger partial charge in [0.2, 0.25) is 0 Å². The van der Waals surface area contributed by atoms with Gasteiger partial charge in [-0.15, -0.1) is 0 Å². The lowest BCUT2D eigenvalue weighted by Gasteiger charge is -2.28. The van der Waals surface area contributed by atoms with Gasteiger partial charge < -0.3 is 5.11 Å². The summed E-state index contributed by atoms with van der Waals surface area (Å²) in [5.74, 6) is 0.154. The van der Waals surface area contributed by atoms with E-state index in [2.05, 4.69) is 0 Å². The van der Waals surface area contributed by atoms with Crippen LogP contribution >= 0.6 is 0 Å². The fourth-order valence-corrected chi connectivity index (χ4v) is 1.81. The molecule has 0 fully saturated rings. The van der Waals surface area contributed by atoms with E-state index in [1.807, 2.05) is 25.7 Å². The Kier molecular flexibility index (Phi) is 6.40. The van der Waals surface area contributed by atoms with Crippen molar-refractivity contribution >= 4 is 9.84 Å². The van der Waals surface area contributed by atoms with Crippen LogP contribution in [0.15, 0.2) is 0 Å². The van der Waals surface area contributed by atoms with E-state index in [0.29, 0.717) is 19.5 Å². The number of sulfone groups is 1. The van der Waals surface area contributed by atoms with Gasteiger partial charge in [0, 0.05) is 25.4 Å². The molecule has 0 saturated carbocycles. The van der Waals surface area contributed by atoms with Gasteiger partial charge in [0.15, 0.2) is 0 Å². The van der Waals surface area contributed by atoms with Crippen molar-refractivity contribution in [2.24, 2.45) is 0 Å². The summed E-state index contributed by atoms with van der Waals surface area (Å²) in [6.45, 7) is 6.96. The Bertz CT molecular complexity index is 262. The van der Waals surface area contributed by atoms with Crippen LogP contribution in [0.25, 0.3) is 0 Å². The second-order valence-electron chi connectivity index (χ2n) is 4.28. The maximum Gasteiger partial charge on any atom is 0.148 e. The quantitative estimate of drug-likeness (QED) is 0.701. The van der Waals surface area contributed by atoms with Crippen LogP contribution in [-0.2, 0) is 9.84 Å². The lowest BCUT2D eigenvalue weighted by atomic mass is 10.2. The molecular weight excluding hydrogens is 214 g/mol. The third kappa shape index (κ3) is 7.76. The largest absolute Gasteiger partial charge is 0.392 e. The van der Waals surface area contributed by atoms with Crippen molar-refractivity contribution in [2.75, 3.05) is 25.1 Å². The van der Waals surface area contributed by atoms with E-state index >= 15 is 0 Å². The van der Waals surface area contributed by atoms with Gasteiger partial charge in [-0.3, -0.25) is 4.90 Å². The monoisotopic (exact) mass is 237 g/mol. The third-order valence-corrected chi connectivity index (χ3v) is 3.32. The molecule has 0 aromatic rings. The molecule has 0 heterocycles. The molecule has 4 nitrogen and oxygen atoms in total. The molecule has 0 amide bonds. The molecule has 0 spiro atoms. The summed E-state index contributed by atoms with van der Waals surface area (Å²) in [5.41, 5.74) is 0. The average molecular weight is 237 g/mol. The molecule has 0 saturated heterocycles. The summed E-state index contributed by atoms with van der Waals surface area (Å²) in [7, 11) is -2.92. The SMILES string of the molecule is CCC(O)CN(CCS(C)(=O)=O)C(C)C. The Balaban J connectivity index is 4.17. The van der Waals surface area contributed by atoms with Gasteiger partial charge in [-0.25, -0.2) is 8.42 Å². The maximum atomic E-state index is 11.0. The van der Waals surface area contributed by atoms with Gasteiger partial charge in [0.25, 0.3) is 0 Å². The van der Waals surface area contributed by atoms with Crippen LogP contribution in [0.4, 0.5) is 0 Å². The number of hydrogen-bond acceptors (Lipinski definition) is 4. The zero-order valence-electron chi connectivity index (χ0n) is 10.1. The van der Waals surface area contributed by atoms with Gasteiger partial charge in [-0.1, -0.05) is 6.92 Å². The van der Waals surface area contributed by atoms with Crippen LogP contribution in [0.1, 0.15) is 27.2 Å². The molecule has 0 aliphatic rings. The van der Waals surface area contributed by atoms with Crippen molar-refractivity contribution in [1.82, 2.24) is 4.90 Å². The minimum atomic E-state index is -2.92. The van der Waals surface area contributed by atoms with Crippen molar-refractivity contribution in [3.8, 4) is 0 Å². The summed E-state index contributed by atoms with van der Waals surface area (Å²) < 4.78 is 22.0. The van der Waals surface area contributed by atoms with E-state index in [1.165, 1.54) is 6.26 Å². The highest BCUT2D eigenvalue weighted by atomic mass is 32.2. The standard InChI is InChI=1S/C10H23NO3S/c1-5-10(12)8-11(9(2)3)6-7-15(4,13)14/h9-10,12H,5-8H2,1-4H3. The molecule has 0 rings (SSSR count). The molecule has 1 atom stereocenters. The summed E-state index contributed by atoms with van der Waals surface area (Å²) in [6, 6.07) is 0.257. The first-order chi connectivity index (χ1) is 6.76. The lowest BCUT2D eigenvalue weighted by Crippen LogP contribution is -2.40. The molecule has 0 aliphatic heterocycles. The Morgan fingerprint density at radius 2 is 1.87 bits per heavy atom. The number of nitrogens with zero attached hydrogens (tertiary/aromatic N) is 1. The molecule has 1 unspecified atom stereocenters. The minimum Gasteiger partial charge on any atom is -0.392 e. The van der Waals surface area contributed by atoms with Gasteiger partial charge >= 0.3 is 0 Å². The van der Waals surface area contributed by atoms with E-state index in [1.54, 1.807) is 0 Å². The second-order valence-corrected chi connectivity index (χ2v) is 6.54. The van der Waals surface area contributed by atoms with Crippen molar-refractivity contribution < 1.29 is 13.5 Å². The number of rotatable bonds is 7. The van der Waals surface area contributed by atoms with E-state index in [4.69, 9.17) is 0 Å². The molecule has 5 heteroatoms. The Morgan fingerprint density at radius 1 is 1.33 bits per heavy atom. The zero-order chi connectivity index (χ0) is 12.1. The van der Waals surface area contributed by atoms with Gasteiger partial charge in [0.1, 0.15) is 9.84 Å². The van der Waals surface area contributed by atoms with Crippen molar-refractivity contribution in [1.29, 1.82) is 0 Å². The molecule has 0 radical (unpaired) electrons. The van der Waals surface area contributed by atoms with Gasteiger partial charge in [-0.05, 0) is 20.3 Å². The molecule has 1 N–H and O–H groups in total. The molecule has 0 aliphatic carbocycles. The topological polar surface area (TPSA) is 57.6 Å². The van der Waals surface area contributed by atoms with Crippen molar-refractivity contribution in [3.63, 3.8) is 0 Å². The zero-order valence-corrected chi connectivity index (χ0v) is 10.9. The fourth-order valence-electron chi connectivity index (χ4n) is 1.24. The van der Waals surface area contributed by atoms with E-state index in [-0.39, 0.29) is 17.9 Å². The van der Waals surface area contributed by atoms with Crippen molar-refractivity contribution in [2.45, 2.75) is 39.3 Å². The normalized spacial score (nSPS) is 14.9. The van der Waals surface area contributed by atoms with Crippen molar-refractivity contribution in [3.05, 3.63) is 0 Å². The molecular formula is C10H23NO3S. The maximum absolute atomic E-state index is 11.0. The summed E-state index contributed by atoms with van der Waals surface area (Å²) in [5, 5.41) is 9.52. The number of aliphatic hydroxyl groups excluding tert-OH is 1. The van der Waals surface area contributed by atoms with E-state index in [0.717, 1.165) is 0 Å². The van der Waals surface area contributed by atoms with Crippen LogP contribution in [0, 0.1) is 0 Å². The summed E-state index contributed by atoms with van der Waals surface area (Å²) >= 11 is 0. The Hall–Kier alpha value is -0.130. The highest BCUT2D eigenvalue weighted by Crippen LogP contribution is 2.03. The highest BCUT2D eigenvalue weighted by molar-refractivity contribution is 7.90. The van der Waals surface area contributed by atoms with Crippen LogP contribution in [0.5, 0.6) is 0 Å². The summed E-state index contributed by atoms with van der Waals surface area (Å²) in [6.07, 6.45) is 1.57. The fraction of sp³-hybridized carbons (Fsp3) is 1.00. The van der Waals surface area contributed by atoms with Crippen LogP contribution in [-0.4, -0.2) is 55.7 Å². The first-order valence-electron chi connectivity index (χ1n) is 5.36. The summed E-state index contributed by atoms with van der Waals surface area (Å²) in [4.78, 5) is 2.00. The van der Waals surface area contributed by atoms with E-state index < -0.39 is 9.84 Å². The van der Waals surface area contributed by atoms with Crippen LogP contribution < -0.4 is 0 Å². The van der Waals surface area contributed by atoms with Gasteiger partial charge in [-0.2, -0.15) is 0 Å². The first kappa shape index (κ1) is 14.9. The third-order valence-electron chi connectivity index (χ3n) is 2.40. The van der Waals surface area contributed by atoms with E-state index in [9.17, 15) is 13.5 Å². The Labute approximate surface area is 93.2 Å². The number of hydrogen-bond donors (Lipinski definition) is 1. The average Bonchev–Trinajstić information content (AvgIpc) is 2.09. The number of aliphatic hydroxyl groups is 1. The molecule has 0 aromatic carbocycles. The molecule has 0 aromatic heterocycles. The smallest absolute Gasteiger partial charge is 0.148 e. The first-order valence-corrected chi connectivity index (χ1v) is 7.42. The second kappa shape index (κ2) is 6.45. The molecule has 15 heavy (non-hydrogen) atoms.